The summed E-state index contributed by atoms with van der Waals surface area (Å²) in [4.78, 5) is 17.2. The molecule has 2 N–H and O–H groups in total. The van der Waals surface area contributed by atoms with Crippen molar-refractivity contribution >= 4 is 21.5 Å². The molecule has 7 nitrogen and oxygen atoms in total. The van der Waals surface area contributed by atoms with Gasteiger partial charge >= 0.3 is 0 Å². The van der Waals surface area contributed by atoms with Gasteiger partial charge in [-0.15, -0.1) is 0 Å². The second-order valence-electron chi connectivity index (χ2n) is 6.44. The molecule has 1 unspecified atom stereocenters. The molecule has 0 spiro atoms. The molecule has 1 aromatic rings. The normalized spacial score (nSPS) is 18.5. The van der Waals surface area contributed by atoms with Crippen LogP contribution in [0.2, 0.25) is 0 Å². The largest absolute Gasteiger partial charge is 0.392 e. The first-order valence-corrected chi connectivity index (χ1v) is 10.1. The second kappa shape index (κ2) is 8.50. The van der Waals surface area contributed by atoms with Crippen molar-refractivity contribution in [1.82, 2.24) is 5.48 Å². The third kappa shape index (κ3) is 4.84. The van der Waals surface area contributed by atoms with Gasteiger partial charge in [-0.1, -0.05) is 29.1 Å². The van der Waals surface area contributed by atoms with E-state index in [1.807, 2.05) is 0 Å². The molecular formula is C18H21FN2O5S. The Morgan fingerprint density at radius 3 is 2.67 bits per heavy atom. The monoisotopic (exact) mass is 396 g/mol. The first-order chi connectivity index (χ1) is 12.7. The highest BCUT2D eigenvalue weighted by Crippen LogP contribution is 2.29. The fraction of sp³-hybridized carbons (Fsp3) is 0.444. The lowest BCUT2D eigenvalue weighted by molar-refractivity contribution is -0.132. The Bertz CT molecular complexity index is 887. The lowest BCUT2D eigenvalue weighted by Gasteiger charge is -2.26. The van der Waals surface area contributed by atoms with Crippen LogP contribution in [-0.4, -0.2) is 49.0 Å². The van der Waals surface area contributed by atoms with Gasteiger partial charge < -0.3 is 4.84 Å². The second-order valence-corrected chi connectivity index (χ2v) is 8.88. The third-order valence-electron chi connectivity index (χ3n) is 4.42. The lowest BCUT2D eigenvalue weighted by atomic mass is 9.96. The Balaban J connectivity index is 2.08. The van der Waals surface area contributed by atoms with Crippen molar-refractivity contribution < 1.29 is 27.6 Å². The molecule has 2 rings (SSSR count). The molecule has 0 saturated carbocycles. The number of amides is 1. The van der Waals surface area contributed by atoms with E-state index < -0.39 is 33.3 Å². The number of halogens is 1. The quantitative estimate of drug-likeness (QED) is 0.432. The maximum absolute atomic E-state index is 12.1. The lowest BCUT2D eigenvalue weighted by Crippen LogP contribution is -2.51. The predicted molar refractivity (Wildman–Crippen MR) is 97.7 cm³/mol. The van der Waals surface area contributed by atoms with E-state index in [2.05, 4.69) is 17.0 Å². The van der Waals surface area contributed by atoms with Crippen LogP contribution in [0, 0.1) is 11.8 Å². The summed E-state index contributed by atoms with van der Waals surface area (Å²) in [5.74, 6) is 4.54. The molecule has 0 radical (unpaired) electrons. The summed E-state index contributed by atoms with van der Waals surface area (Å²) in [5, 5.41) is 12.9. The van der Waals surface area contributed by atoms with Crippen LogP contribution >= 0.6 is 0 Å². The molecule has 1 aromatic carbocycles. The minimum atomic E-state index is -3.81. The van der Waals surface area contributed by atoms with Crippen LogP contribution in [0.3, 0.4) is 0 Å². The maximum Gasteiger partial charge on any atom is 0.264 e. The minimum absolute atomic E-state index is 0.155. The molecule has 0 bridgehead atoms. The molecule has 1 aliphatic rings. The number of hydroxylamine groups is 1. The number of nitrogens with zero attached hydrogens (tertiary/aromatic N) is 1. The van der Waals surface area contributed by atoms with Gasteiger partial charge in [0.1, 0.15) is 12.8 Å². The SMILES string of the molecule is CC(C[C@H]1CC(c2ccc(C#CCCF)cc2)=NO1)(C(=O)NO)S(C)(=O)=O. The molecular weight excluding hydrogens is 375 g/mol. The van der Waals surface area contributed by atoms with E-state index in [4.69, 9.17) is 10.0 Å². The van der Waals surface area contributed by atoms with Crippen LogP contribution in [0.4, 0.5) is 4.39 Å². The van der Waals surface area contributed by atoms with Crippen molar-refractivity contribution in [2.75, 3.05) is 12.9 Å². The Kier molecular flexibility index (Phi) is 6.57. The highest BCUT2D eigenvalue weighted by molar-refractivity contribution is 7.92. The number of rotatable bonds is 6. The van der Waals surface area contributed by atoms with Crippen molar-refractivity contribution in [2.24, 2.45) is 5.16 Å². The average molecular weight is 396 g/mol. The van der Waals surface area contributed by atoms with Crippen LogP contribution < -0.4 is 5.48 Å². The Morgan fingerprint density at radius 1 is 1.44 bits per heavy atom. The van der Waals surface area contributed by atoms with Crippen molar-refractivity contribution in [3.8, 4) is 11.8 Å². The number of oxime groups is 1. The summed E-state index contributed by atoms with van der Waals surface area (Å²) in [6.07, 6.45) is 0.655. The molecule has 1 heterocycles. The van der Waals surface area contributed by atoms with Gasteiger partial charge in [0, 0.05) is 31.1 Å². The molecule has 0 aliphatic carbocycles. The summed E-state index contributed by atoms with van der Waals surface area (Å²) in [6.45, 7) is 0.751. The topological polar surface area (TPSA) is 105 Å². The molecule has 0 saturated heterocycles. The van der Waals surface area contributed by atoms with Crippen LogP contribution in [0.1, 0.15) is 37.3 Å². The summed E-state index contributed by atoms with van der Waals surface area (Å²) >= 11 is 0. The molecule has 1 aliphatic heterocycles. The van der Waals surface area contributed by atoms with E-state index in [-0.39, 0.29) is 12.8 Å². The zero-order valence-electron chi connectivity index (χ0n) is 15.0. The number of carbonyl (C=O) groups excluding carboxylic acids is 1. The predicted octanol–water partition coefficient (Wildman–Crippen LogP) is 1.59. The van der Waals surface area contributed by atoms with Gasteiger partial charge in [0.2, 0.25) is 0 Å². The molecule has 0 fully saturated rings. The summed E-state index contributed by atoms with van der Waals surface area (Å²) < 4.78 is 34.3. The van der Waals surface area contributed by atoms with Crippen LogP contribution in [0.25, 0.3) is 0 Å². The van der Waals surface area contributed by atoms with E-state index in [9.17, 15) is 17.6 Å². The van der Waals surface area contributed by atoms with Gasteiger partial charge in [-0.25, -0.2) is 13.9 Å². The molecule has 146 valence electrons. The fourth-order valence-corrected chi connectivity index (χ4v) is 3.50. The summed E-state index contributed by atoms with van der Waals surface area (Å²) in [5.41, 5.74) is 3.55. The van der Waals surface area contributed by atoms with E-state index in [1.54, 1.807) is 24.3 Å². The van der Waals surface area contributed by atoms with Gasteiger partial charge in [0.15, 0.2) is 14.6 Å². The number of sulfone groups is 1. The number of hydrogen-bond donors (Lipinski definition) is 2. The molecule has 1 amide bonds. The standard InChI is InChI=1S/C18H21FN2O5S/c1-18(17(22)20-23,27(2,24)25)12-15-11-16(21-26-15)14-8-6-13(7-9-14)5-3-4-10-19/h6-9,15,23H,4,10-12H2,1-2H3,(H,20,22)/t15-,18?/m1/s1. The highest BCUT2D eigenvalue weighted by Gasteiger charge is 2.47. The summed E-state index contributed by atoms with van der Waals surface area (Å²) in [7, 11) is -3.81. The number of hydrogen-bond acceptors (Lipinski definition) is 6. The van der Waals surface area contributed by atoms with Crippen LogP contribution in [0.15, 0.2) is 29.4 Å². The van der Waals surface area contributed by atoms with Crippen LogP contribution in [-0.2, 0) is 19.5 Å². The Morgan fingerprint density at radius 2 is 2.11 bits per heavy atom. The maximum atomic E-state index is 12.1. The molecule has 0 aromatic heterocycles. The summed E-state index contributed by atoms with van der Waals surface area (Å²) in [6, 6.07) is 7.13. The third-order valence-corrected chi connectivity index (χ3v) is 6.41. The van der Waals surface area contributed by atoms with Gasteiger partial charge in [-0.3, -0.25) is 14.4 Å². The average Bonchev–Trinajstić information content (AvgIpc) is 3.09. The minimum Gasteiger partial charge on any atom is -0.392 e. The first-order valence-electron chi connectivity index (χ1n) is 8.23. The van der Waals surface area contributed by atoms with E-state index in [0.29, 0.717) is 12.1 Å². The molecule has 2 atom stereocenters. The Labute approximate surface area is 157 Å². The zero-order valence-corrected chi connectivity index (χ0v) is 15.8. The van der Waals surface area contributed by atoms with Crippen molar-refractivity contribution in [1.29, 1.82) is 0 Å². The smallest absolute Gasteiger partial charge is 0.264 e. The fourth-order valence-electron chi connectivity index (χ4n) is 2.63. The molecule has 9 heteroatoms. The van der Waals surface area contributed by atoms with Gasteiger partial charge in [0.25, 0.3) is 5.91 Å². The van der Waals surface area contributed by atoms with Crippen molar-refractivity contribution in [3.05, 3.63) is 35.4 Å². The Hall–Kier alpha value is -2.44. The van der Waals surface area contributed by atoms with E-state index >= 15 is 0 Å². The number of nitrogens with one attached hydrogen (secondary N) is 1. The van der Waals surface area contributed by atoms with Gasteiger partial charge in [-0.05, 0) is 24.6 Å². The van der Waals surface area contributed by atoms with Crippen molar-refractivity contribution in [2.45, 2.75) is 37.0 Å². The first kappa shape index (κ1) is 20.9. The number of alkyl halides is 1. The van der Waals surface area contributed by atoms with Crippen molar-refractivity contribution in [3.63, 3.8) is 0 Å². The van der Waals surface area contributed by atoms with Gasteiger partial charge in [-0.2, -0.15) is 0 Å². The van der Waals surface area contributed by atoms with Crippen LogP contribution in [0.5, 0.6) is 0 Å². The number of benzene rings is 1. The van der Waals surface area contributed by atoms with E-state index in [1.165, 1.54) is 12.4 Å². The van der Waals surface area contributed by atoms with Gasteiger partial charge in [0.05, 0.1) is 5.71 Å². The highest BCUT2D eigenvalue weighted by atomic mass is 32.2. The number of carbonyl (C=O) groups is 1. The van der Waals surface area contributed by atoms with E-state index in [0.717, 1.165) is 17.4 Å². The molecule has 27 heavy (non-hydrogen) atoms. The zero-order chi connectivity index (χ0) is 20.1.